The summed E-state index contributed by atoms with van der Waals surface area (Å²) in [7, 11) is 0. The number of nitrogens with one attached hydrogen (secondary N) is 1. The lowest BCUT2D eigenvalue weighted by Crippen LogP contribution is -2.32. The summed E-state index contributed by atoms with van der Waals surface area (Å²) in [6, 6.07) is 15.9. The lowest BCUT2D eigenvalue weighted by atomic mass is 10.1. The second-order valence-electron chi connectivity index (χ2n) is 6.88. The highest BCUT2D eigenvalue weighted by molar-refractivity contribution is 5.81. The zero-order valence-corrected chi connectivity index (χ0v) is 14.8. The lowest BCUT2D eigenvalue weighted by molar-refractivity contribution is 0.241. The first-order valence-corrected chi connectivity index (χ1v) is 9.08. The van der Waals surface area contributed by atoms with E-state index in [0.29, 0.717) is 12.4 Å². The van der Waals surface area contributed by atoms with E-state index in [-0.39, 0.29) is 5.56 Å². The molecule has 0 amide bonds. The molecule has 27 heavy (non-hydrogen) atoms. The van der Waals surface area contributed by atoms with Crippen molar-refractivity contribution in [1.82, 2.24) is 24.6 Å². The number of nitrogens with zero attached hydrogens (tertiary/aromatic N) is 4. The van der Waals surface area contributed by atoms with E-state index in [1.807, 2.05) is 36.5 Å². The predicted octanol–water partition coefficient (Wildman–Crippen LogP) is 2.67. The summed E-state index contributed by atoms with van der Waals surface area (Å²) in [5, 5.41) is 5.56. The summed E-state index contributed by atoms with van der Waals surface area (Å²) in [6.45, 7) is 2.25. The Balaban J connectivity index is 1.40. The van der Waals surface area contributed by atoms with Crippen molar-refractivity contribution >= 4 is 10.8 Å². The number of aromatic nitrogens is 4. The summed E-state index contributed by atoms with van der Waals surface area (Å²) in [6.07, 6.45) is 4.43. The van der Waals surface area contributed by atoms with Gasteiger partial charge >= 0.3 is 0 Å². The van der Waals surface area contributed by atoms with Crippen LogP contribution in [-0.4, -0.2) is 31.2 Å². The number of hydrogen-bond acceptors (Lipinski definition) is 4. The highest BCUT2D eigenvalue weighted by Crippen LogP contribution is 2.19. The molecule has 0 saturated heterocycles. The fourth-order valence-electron chi connectivity index (χ4n) is 3.69. The molecule has 4 aromatic rings. The molecule has 0 saturated carbocycles. The van der Waals surface area contributed by atoms with Crippen molar-refractivity contribution in [2.24, 2.45) is 0 Å². The molecule has 0 spiro atoms. The summed E-state index contributed by atoms with van der Waals surface area (Å²) in [4.78, 5) is 24.0. The van der Waals surface area contributed by atoms with Crippen LogP contribution in [0.15, 0.2) is 65.7 Å². The summed E-state index contributed by atoms with van der Waals surface area (Å²) in [5.74, 6) is 0.625. The van der Waals surface area contributed by atoms with E-state index in [1.165, 1.54) is 5.39 Å². The zero-order valence-electron chi connectivity index (χ0n) is 14.8. The normalized spacial score (nSPS) is 14.4. The minimum Gasteiger partial charge on any atom is -0.293 e. The largest absolute Gasteiger partial charge is 0.293 e. The van der Waals surface area contributed by atoms with Crippen LogP contribution in [0.4, 0.5) is 0 Å². The van der Waals surface area contributed by atoms with Gasteiger partial charge < -0.3 is 0 Å². The van der Waals surface area contributed by atoms with Crippen LogP contribution in [0.3, 0.4) is 0 Å². The highest BCUT2D eigenvalue weighted by atomic mass is 16.1. The molecule has 6 heteroatoms. The van der Waals surface area contributed by atoms with Crippen LogP contribution in [0.1, 0.15) is 17.0 Å². The van der Waals surface area contributed by atoms with Crippen LogP contribution in [-0.2, 0) is 19.5 Å². The molecule has 0 atom stereocenters. The molecular formula is C21H19N5O. The van der Waals surface area contributed by atoms with Gasteiger partial charge in [0.05, 0.1) is 11.3 Å². The van der Waals surface area contributed by atoms with Gasteiger partial charge in [-0.15, -0.1) is 0 Å². The molecule has 4 heterocycles. The van der Waals surface area contributed by atoms with E-state index in [2.05, 4.69) is 38.2 Å². The second kappa shape index (κ2) is 6.48. The molecule has 1 aliphatic heterocycles. The lowest BCUT2D eigenvalue weighted by Gasteiger charge is -2.25. The van der Waals surface area contributed by atoms with Gasteiger partial charge in [0.25, 0.3) is 5.56 Å². The van der Waals surface area contributed by atoms with Crippen LogP contribution in [0.2, 0.25) is 0 Å². The molecule has 0 fully saturated rings. The van der Waals surface area contributed by atoms with Crippen molar-refractivity contribution in [2.45, 2.75) is 19.5 Å². The quantitative estimate of drug-likeness (QED) is 0.612. The van der Waals surface area contributed by atoms with Crippen LogP contribution in [0, 0.1) is 0 Å². The third-order valence-electron chi connectivity index (χ3n) is 5.08. The molecule has 1 N–H and O–H groups in total. The number of aromatic amines is 1. The molecule has 1 aliphatic rings. The zero-order chi connectivity index (χ0) is 18.2. The van der Waals surface area contributed by atoms with E-state index in [4.69, 9.17) is 0 Å². The SMILES string of the molecule is O=c1c2c([nH]n1-c1ccccn1)CCN(Cc1cc3ccccc3cn1)C2. The van der Waals surface area contributed by atoms with E-state index < -0.39 is 0 Å². The summed E-state index contributed by atoms with van der Waals surface area (Å²) < 4.78 is 1.54. The van der Waals surface area contributed by atoms with Crippen LogP contribution in [0.25, 0.3) is 16.6 Å². The minimum absolute atomic E-state index is 0.0140. The average molecular weight is 357 g/mol. The Hall–Kier alpha value is -3.25. The third-order valence-corrected chi connectivity index (χ3v) is 5.08. The van der Waals surface area contributed by atoms with Gasteiger partial charge in [-0.2, -0.15) is 0 Å². The van der Waals surface area contributed by atoms with Crippen molar-refractivity contribution in [3.8, 4) is 5.82 Å². The predicted molar refractivity (Wildman–Crippen MR) is 104 cm³/mol. The van der Waals surface area contributed by atoms with E-state index in [9.17, 15) is 4.79 Å². The molecule has 0 unspecified atom stereocenters. The maximum atomic E-state index is 12.8. The first-order chi connectivity index (χ1) is 13.3. The van der Waals surface area contributed by atoms with E-state index >= 15 is 0 Å². The molecule has 0 aliphatic carbocycles. The molecular weight excluding hydrogens is 338 g/mol. The van der Waals surface area contributed by atoms with Crippen molar-refractivity contribution in [1.29, 1.82) is 0 Å². The summed E-state index contributed by atoms with van der Waals surface area (Å²) in [5.41, 5.74) is 2.85. The Bertz CT molecular complexity index is 1160. The molecule has 1 aromatic carbocycles. The van der Waals surface area contributed by atoms with E-state index in [1.54, 1.807) is 10.9 Å². The van der Waals surface area contributed by atoms with Crippen LogP contribution in [0.5, 0.6) is 0 Å². The van der Waals surface area contributed by atoms with Crippen LogP contribution >= 0.6 is 0 Å². The van der Waals surface area contributed by atoms with Gasteiger partial charge in [0.1, 0.15) is 0 Å². The van der Waals surface area contributed by atoms with Gasteiger partial charge in [-0.3, -0.25) is 19.8 Å². The first kappa shape index (κ1) is 16.0. The third kappa shape index (κ3) is 2.94. The first-order valence-electron chi connectivity index (χ1n) is 9.08. The number of benzene rings is 1. The Morgan fingerprint density at radius 2 is 1.89 bits per heavy atom. The minimum atomic E-state index is -0.0140. The van der Waals surface area contributed by atoms with Gasteiger partial charge in [-0.25, -0.2) is 9.67 Å². The number of rotatable bonds is 3. The average Bonchev–Trinajstić information content (AvgIpc) is 3.05. The van der Waals surface area contributed by atoms with Gasteiger partial charge in [0, 0.05) is 49.5 Å². The Morgan fingerprint density at radius 3 is 2.74 bits per heavy atom. The topological polar surface area (TPSA) is 66.8 Å². The van der Waals surface area contributed by atoms with Crippen LogP contribution < -0.4 is 5.56 Å². The van der Waals surface area contributed by atoms with Crippen molar-refractivity contribution in [3.63, 3.8) is 0 Å². The highest BCUT2D eigenvalue weighted by Gasteiger charge is 2.23. The second-order valence-corrected chi connectivity index (χ2v) is 6.88. The van der Waals surface area contributed by atoms with Crippen molar-refractivity contribution < 1.29 is 0 Å². The molecule has 0 bridgehead atoms. The summed E-state index contributed by atoms with van der Waals surface area (Å²) >= 11 is 0. The smallest absolute Gasteiger partial charge is 0.277 e. The maximum Gasteiger partial charge on any atom is 0.277 e. The van der Waals surface area contributed by atoms with Gasteiger partial charge in [-0.1, -0.05) is 30.3 Å². The Morgan fingerprint density at radius 1 is 1.04 bits per heavy atom. The molecule has 0 radical (unpaired) electrons. The number of hydrogen-bond donors (Lipinski definition) is 1. The van der Waals surface area contributed by atoms with Crippen molar-refractivity contribution in [2.75, 3.05) is 6.54 Å². The number of fused-ring (bicyclic) bond motifs is 2. The Kier molecular flexibility index (Phi) is 3.83. The van der Waals surface area contributed by atoms with Gasteiger partial charge in [0.2, 0.25) is 0 Å². The molecule has 3 aromatic heterocycles. The maximum absolute atomic E-state index is 12.8. The fraction of sp³-hybridized carbons (Fsp3) is 0.190. The van der Waals surface area contributed by atoms with Gasteiger partial charge in [0.15, 0.2) is 5.82 Å². The van der Waals surface area contributed by atoms with E-state index in [0.717, 1.165) is 41.8 Å². The fourth-order valence-corrected chi connectivity index (χ4v) is 3.69. The molecule has 6 nitrogen and oxygen atoms in total. The Labute approximate surface area is 156 Å². The number of pyridine rings is 2. The van der Waals surface area contributed by atoms with Crippen molar-refractivity contribution in [3.05, 3.63) is 88.2 Å². The molecule has 5 rings (SSSR count). The standard InChI is InChI=1S/C21H19N5O/c27-21-18-14-25(13-17-11-15-5-1-2-6-16(15)12-23-17)10-8-19(18)24-26(21)20-7-3-4-9-22-20/h1-7,9,11-12,24H,8,10,13-14H2. The van der Waals surface area contributed by atoms with Gasteiger partial charge in [-0.05, 0) is 23.6 Å². The monoisotopic (exact) mass is 357 g/mol. The molecule has 134 valence electrons. The number of H-pyrrole nitrogens is 1.